The summed E-state index contributed by atoms with van der Waals surface area (Å²) in [7, 11) is 0. The first-order valence-electron chi connectivity index (χ1n) is 9.35. The van der Waals surface area contributed by atoms with Crippen LogP contribution in [0.3, 0.4) is 0 Å². The van der Waals surface area contributed by atoms with Gasteiger partial charge in [-0.25, -0.2) is 9.18 Å². The molecule has 1 aromatic carbocycles. The predicted molar refractivity (Wildman–Crippen MR) is 117 cm³/mol. The standard InChI is InChI=1S/C21H21FN2O3S2/c1-2-27-20(26)18-15-5-3-4-6-16(15)29-19(18)24-21(28)23-17(25)12-9-13-7-10-14(22)11-8-13/h7-12H,2-6H2,1H3,(H2,23,24,25,28)/b12-9-. The van der Waals surface area contributed by atoms with Crippen molar-refractivity contribution in [3.8, 4) is 0 Å². The number of carbonyl (C=O) groups excluding carboxylic acids is 2. The molecule has 0 aliphatic heterocycles. The Kier molecular flexibility index (Phi) is 7.11. The van der Waals surface area contributed by atoms with Crippen molar-refractivity contribution in [3.05, 3.63) is 57.7 Å². The molecule has 1 aromatic heterocycles. The van der Waals surface area contributed by atoms with E-state index in [9.17, 15) is 14.0 Å². The summed E-state index contributed by atoms with van der Waals surface area (Å²) in [6, 6.07) is 5.77. The van der Waals surface area contributed by atoms with Gasteiger partial charge in [-0.3, -0.25) is 10.1 Å². The van der Waals surface area contributed by atoms with Gasteiger partial charge in [0.25, 0.3) is 0 Å². The van der Waals surface area contributed by atoms with Crippen LogP contribution >= 0.6 is 23.6 Å². The lowest BCUT2D eigenvalue weighted by molar-refractivity contribution is -0.115. The Labute approximate surface area is 178 Å². The Morgan fingerprint density at radius 2 is 1.97 bits per heavy atom. The topological polar surface area (TPSA) is 67.4 Å². The van der Waals surface area contributed by atoms with Gasteiger partial charge in [0, 0.05) is 11.0 Å². The Morgan fingerprint density at radius 1 is 1.24 bits per heavy atom. The predicted octanol–water partition coefficient (Wildman–Crippen LogP) is 4.47. The number of thiophene rings is 1. The molecule has 1 aliphatic carbocycles. The van der Waals surface area contributed by atoms with Crippen molar-refractivity contribution in [2.24, 2.45) is 0 Å². The van der Waals surface area contributed by atoms with Crippen LogP contribution in [0.2, 0.25) is 0 Å². The third kappa shape index (κ3) is 5.48. The van der Waals surface area contributed by atoms with E-state index in [-0.39, 0.29) is 23.5 Å². The summed E-state index contributed by atoms with van der Waals surface area (Å²) in [5, 5.41) is 6.24. The average molecular weight is 433 g/mol. The molecule has 0 atom stereocenters. The molecule has 152 valence electrons. The zero-order chi connectivity index (χ0) is 20.8. The number of halogens is 1. The lowest BCUT2D eigenvalue weighted by Gasteiger charge is -2.12. The molecule has 1 amide bonds. The van der Waals surface area contributed by atoms with Crippen LogP contribution in [0.5, 0.6) is 0 Å². The molecule has 0 saturated carbocycles. The zero-order valence-corrected chi connectivity index (χ0v) is 17.6. The first-order valence-corrected chi connectivity index (χ1v) is 10.6. The monoisotopic (exact) mass is 432 g/mol. The molecular formula is C21H21FN2O3S2. The molecule has 1 heterocycles. The van der Waals surface area contributed by atoms with Gasteiger partial charge in [0.1, 0.15) is 10.8 Å². The van der Waals surface area contributed by atoms with Gasteiger partial charge in [0.05, 0.1) is 12.2 Å². The largest absolute Gasteiger partial charge is 0.462 e. The quantitative estimate of drug-likeness (QED) is 0.415. The fourth-order valence-electron chi connectivity index (χ4n) is 3.11. The summed E-state index contributed by atoms with van der Waals surface area (Å²) in [4.78, 5) is 25.7. The van der Waals surface area contributed by atoms with Crippen molar-refractivity contribution in [2.75, 3.05) is 11.9 Å². The summed E-state index contributed by atoms with van der Waals surface area (Å²) < 4.78 is 18.1. The van der Waals surface area contributed by atoms with Crippen LogP contribution in [0.4, 0.5) is 9.39 Å². The molecule has 2 N–H and O–H groups in total. The Hall–Kier alpha value is -2.58. The third-order valence-corrected chi connectivity index (χ3v) is 5.82. The number of ether oxygens (including phenoxy) is 1. The second kappa shape index (κ2) is 9.76. The number of hydrogen-bond acceptors (Lipinski definition) is 5. The number of fused-ring (bicyclic) bond motifs is 1. The van der Waals surface area contributed by atoms with Gasteiger partial charge in [-0.1, -0.05) is 12.1 Å². The minimum atomic E-state index is -0.425. The van der Waals surface area contributed by atoms with E-state index in [1.54, 1.807) is 25.1 Å². The molecule has 0 radical (unpaired) electrons. The number of carbonyl (C=O) groups is 2. The second-order valence-electron chi connectivity index (χ2n) is 6.46. The highest BCUT2D eigenvalue weighted by Crippen LogP contribution is 2.38. The van der Waals surface area contributed by atoms with E-state index in [1.807, 2.05) is 0 Å². The fourth-order valence-corrected chi connectivity index (χ4v) is 4.66. The van der Waals surface area contributed by atoms with Crippen molar-refractivity contribution in [1.29, 1.82) is 0 Å². The number of esters is 1. The first-order chi connectivity index (χ1) is 14.0. The van der Waals surface area contributed by atoms with E-state index in [0.717, 1.165) is 36.1 Å². The number of benzene rings is 1. The molecular weight excluding hydrogens is 411 g/mol. The van der Waals surface area contributed by atoms with Crippen LogP contribution < -0.4 is 10.6 Å². The summed E-state index contributed by atoms with van der Waals surface area (Å²) in [5.74, 6) is -1.14. The van der Waals surface area contributed by atoms with E-state index in [1.165, 1.54) is 29.5 Å². The fraction of sp³-hybridized carbons (Fsp3) is 0.286. The molecule has 0 unspecified atom stereocenters. The average Bonchev–Trinajstić information content (AvgIpc) is 3.05. The first kappa shape index (κ1) is 21.1. The lowest BCUT2D eigenvalue weighted by atomic mass is 9.95. The van der Waals surface area contributed by atoms with Crippen LogP contribution in [-0.2, 0) is 22.4 Å². The van der Waals surface area contributed by atoms with Crippen LogP contribution in [0.15, 0.2) is 30.3 Å². The highest BCUT2D eigenvalue weighted by Gasteiger charge is 2.26. The number of amides is 1. The van der Waals surface area contributed by atoms with Crippen molar-refractivity contribution in [2.45, 2.75) is 32.6 Å². The molecule has 3 rings (SSSR count). The summed E-state index contributed by atoms with van der Waals surface area (Å²) in [6.07, 6.45) is 6.75. The minimum Gasteiger partial charge on any atom is -0.462 e. The second-order valence-corrected chi connectivity index (χ2v) is 7.98. The van der Waals surface area contributed by atoms with E-state index < -0.39 is 5.91 Å². The van der Waals surface area contributed by atoms with Crippen LogP contribution in [0, 0.1) is 5.82 Å². The number of hydrogen-bond donors (Lipinski definition) is 2. The van der Waals surface area contributed by atoms with Gasteiger partial charge in [0.15, 0.2) is 5.11 Å². The summed E-state index contributed by atoms with van der Waals surface area (Å²) in [5.41, 5.74) is 2.23. The number of nitrogens with one attached hydrogen (secondary N) is 2. The Morgan fingerprint density at radius 3 is 2.69 bits per heavy atom. The van der Waals surface area contributed by atoms with E-state index in [4.69, 9.17) is 17.0 Å². The highest BCUT2D eigenvalue weighted by molar-refractivity contribution is 7.80. The maximum atomic E-state index is 12.9. The molecule has 0 bridgehead atoms. The number of thiocarbonyl (C=S) groups is 1. The highest BCUT2D eigenvalue weighted by atomic mass is 32.1. The maximum absolute atomic E-state index is 12.9. The normalized spacial score (nSPS) is 13.0. The van der Waals surface area contributed by atoms with E-state index in [0.29, 0.717) is 16.1 Å². The third-order valence-electron chi connectivity index (χ3n) is 4.41. The number of aryl methyl sites for hydroxylation is 1. The molecule has 2 aromatic rings. The minimum absolute atomic E-state index is 0.0999. The van der Waals surface area contributed by atoms with Gasteiger partial charge < -0.3 is 10.1 Å². The zero-order valence-electron chi connectivity index (χ0n) is 15.9. The molecule has 0 fully saturated rings. The van der Waals surface area contributed by atoms with Crippen LogP contribution in [0.25, 0.3) is 6.08 Å². The van der Waals surface area contributed by atoms with Gasteiger partial charge in [-0.15, -0.1) is 11.3 Å². The number of anilines is 1. The van der Waals surface area contributed by atoms with Crippen molar-refractivity contribution < 1.29 is 18.7 Å². The molecule has 0 saturated heterocycles. The van der Waals surface area contributed by atoms with Gasteiger partial charge in [-0.05, 0) is 74.2 Å². The molecule has 1 aliphatic rings. The van der Waals surface area contributed by atoms with Gasteiger partial charge in [-0.2, -0.15) is 0 Å². The molecule has 29 heavy (non-hydrogen) atoms. The Balaban J connectivity index is 1.68. The van der Waals surface area contributed by atoms with E-state index >= 15 is 0 Å². The van der Waals surface area contributed by atoms with Crippen molar-refractivity contribution >= 4 is 51.6 Å². The molecule has 8 heteroatoms. The lowest BCUT2D eigenvalue weighted by Crippen LogP contribution is -2.33. The van der Waals surface area contributed by atoms with Gasteiger partial charge >= 0.3 is 5.97 Å². The van der Waals surface area contributed by atoms with Crippen LogP contribution in [-0.4, -0.2) is 23.6 Å². The Bertz CT molecular complexity index is 952. The van der Waals surface area contributed by atoms with Gasteiger partial charge in [0.2, 0.25) is 5.91 Å². The van der Waals surface area contributed by atoms with Crippen LogP contribution in [0.1, 0.15) is 46.1 Å². The van der Waals surface area contributed by atoms with E-state index in [2.05, 4.69) is 10.6 Å². The molecule has 5 nitrogen and oxygen atoms in total. The van der Waals surface area contributed by atoms with Crippen molar-refractivity contribution in [3.63, 3.8) is 0 Å². The van der Waals surface area contributed by atoms with Crippen molar-refractivity contribution in [1.82, 2.24) is 5.32 Å². The number of rotatable bonds is 5. The molecule has 0 spiro atoms. The smallest absolute Gasteiger partial charge is 0.341 e. The summed E-state index contributed by atoms with van der Waals surface area (Å²) in [6.45, 7) is 2.06. The maximum Gasteiger partial charge on any atom is 0.341 e. The summed E-state index contributed by atoms with van der Waals surface area (Å²) >= 11 is 6.72. The SMILES string of the molecule is CCOC(=O)c1c(NC(=S)NC(=O)/C=C\c2ccc(F)cc2)sc2c1CCCC2.